The number of benzene rings is 1. The molecule has 1 unspecified atom stereocenters. The van der Waals surface area contributed by atoms with Crippen LogP contribution in [0.25, 0.3) is 0 Å². The van der Waals surface area contributed by atoms with Crippen LogP contribution in [0.1, 0.15) is 23.2 Å². The number of carboxylic acids is 1. The highest BCUT2D eigenvalue weighted by Gasteiger charge is 2.30. The number of rotatable bonds is 6. The molecule has 1 aliphatic heterocycles. The number of carboxylic acid groups (broad SMARTS) is 1. The van der Waals surface area contributed by atoms with Crippen molar-refractivity contribution >= 4 is 17.9 Å². The van der Waals surface area contributed by atoms with Gasteiger partial charge in [-0.1, -0.05) is 0 Å². The molecule has 1 heterocycles. The van der Waals surface area contributed by atoms with Crippen LogP contribution in [0.2, 0.25) is 0 Å². The second kappa shape index (κ2) is 8.28. The van der Waals surface area contributed by atoms with Crippen molar-refractivity contribution < 1.29 is 23.9 Å². The molecule has 0 radical (unpaired) electrons. The standard InChI is InChI=1S/C16H20FN3O4/c17-13-4-2-11(3-5-13)14(21)18-7-1-8-19-16(24)20-9-6-12(10-20)15(22)23/h2-5,12H,1,6-10H2,(H,18,21)(H,19,24)(H,22,23). The van der Waals surface area contributed by atoms with Crippen LogP contribution in [0, 0.1) is 11.7 Å². The number of urea groups is 1. The molecule has 1 atom stereocenters. The van der Waals surface area contributed by atoms with Crippen molar-refractivity contribution in [2.75, 3.05) is 26.2 Å². The van der Waals surface area contributed by atoms with E-state index in [4.69, 9.17) is 5.11 Å². The molecule has 7 nitrogen and oxygen atoms in total. The number of hydrogen-bond donors (Lipinski definition) is 3. The normalized spacial score (nSPS) is 16.7. The predicted octanol–water partition coefficient (Wildman–Crippen LogP) is 1.06. The zero-order valence-corrected chi connectivity index (χ0v) is 13.1. The topological polar surface area (TPSA) is 98.7 Å². The fourth-order valence-electron chi connectivity index (χ4n) is 2.45. The van der Waals surface area contributed by atoms with Crippen LogP contribution in [-0.4, -0.2) is 54.1 Å². The van der Waals surface area contributed by atoms with Gasteiger partial charge in [-0.05, 0) is 37.1 Å². The first kappa shape index (κ1) is 17.7. The number of hydrogen-bond acceptors (Lipinski definition) is 3. The minimum atomic E-state index is -0.881. The molecule has 0 bridgehead atoms. The fourth-order valence-corrected chi connectivity index (χ4v) is 2.45. The summed E-state index contributed by atoms with van der Waals surface area (Å²) >= 11 is 0. The highest BCUT2D eigenvalue weighted by Crippen LogP contribution is 2.15. The largest absolute Gasteiger partial charge is 0.481 e. The maximum Gasteiger partial charge on any atom is 0.317 e. The molecule has 0 saturated carbocycles. The summed E-state index contributed by atoms with van der Waals surface area (Å²) in [5.41, 5.74) is 0.372. The Morgan fingerprint density at radius 2 is 1.83 bits per heavy atom. The maximum absolute atomic E-state index is 12.8. The molecule has 1 aromatic rings. The average Bonchev–Trinajstić information content (AvgIpc) is 3.05. The van der Waals surface area contributed by atoms with Crippen LogP contribution in [0.15, 0.2) is 24.3 Å². The zero-order chi connectivity index (χ0) is 17.5. The Morgan fingerprint density at radius 1 is 1.17 bits per heavy atom. The van der Waals surface area contributed by atoms with Crippen molar-refractivity contribution in [1.29, 1.82) is 0 Å². The summed E-state index contributed by atoms with van der Waals surface area (Å²) in [6.07, 6.45) is 1.01. The first-order valence-electron chi connectivity index (χ1n) is 7.76. The van der Waals surface area contributed by atoms with Crippen molar-refractivity contribution in [1.82, 2.24) is 15.5 Å². The molecule has 3 amide bonds. The third-order valence-electron chi connectivity index (χ3n) is 3.85. The van der Waals surface area contributed by atoms with E-state index in [-0.39, 0.29) is 18.5 Å². The van der Waals surface area contributed by atoms with Crippen molar-refractivity contribution in [3.8, 4) is 0 Å². The molecule has 130 valence electrons. The van der Waals surface area contributed by atoms with Gasteiger partial charge in [0.25, 0.3) is 5.91 Å². The van der Waals surface area contributed by atoms with Gasteiger partial charge in [0.1, 0.15) is 5.82 Å². The molecule has 8 heteroatoms. The smallest absolute Gasteiger partial charge is 0.317 e. The third kappa shape index (κ3) is 4.94. The number of nitrogens with one attached hydrogen (secondary N) is 2. The number of carbonyl (C=O) groups excluding carboxylic acids is 2. The first-order valence-corrected chi connectivity index (χ1v) is 7.76. The Morgan fingerprint density at radius 3 is 2.46 bits per heavy atom. The highest BCUT2D eigenvalue weighted by molar-refractivity contribution is 5.94. The van der Waals surface area contributed by atoms with Gasteiger partial charge in [-0.3, -0.25) is 9.59 Å². The summed E-state index contributed by atoms with van der Waals surface area (Å²) in [6, 6.07) is 4.95. The Kier molecular flexibility index (Phi) is 6.11. The van der Waals surface area contributed by atoms with E-state index in [1.165, 1.54) is 29.2 Å². The van der Waals surface area contributed by atoms with Crippen molar-refractivity contribution in [2.24, 2.45) is 5.92 Å². The minimum Gasteiger partial charge on any atom is -0.481 e. The van der Waals surface area contributed by atoms with Crippen LogP contribution < -0.4 is 10.6 Å². The molecular weight excluding hydrogens is 317 g/mol. The molecule has 0 aliphatic carbocycles. The summed E-state index contributed by atoms with van der Waals surface area (Å²) in [5, 5.41) is 14.3. The molecule has 3 N–H and O–H groups in total. The quantitative estimate of drug-likeness (QED) is 0.676. The van der Waals surface area contributed by atoms with Gasteiger partial charge in [-0.2, -0.15) is 0 Å². The highest BCUT2D eigenvalue weighted by atomic mass is 19.1. The van der Waals surface area contributed by atoms with E-state index in [2.05, 4.69) is 10.6 Å². The predicted molar refractivity (Wildman–Crippen MR) is 84.1 cm³/mol. The van der Waals surface area contributed by atoms with Gasteiger partial charge in [0, 0.05) is 31.7 Å². The molecule has 2 rings (SSSR count). The lowest BCUT2D eigenvalue weighted by Crippen LogP contribution is -2.40. The van der Waals surface area contributed by atoms with Gasteiger partial charge >= 0.3 is 12.0 Å². The van der Waals surface area contributed by atoms with Gasteiger partial charge in [0.05, 0.1) is 5.92 Å². The second-order valence-corrected chi connectivity index (χ2v) is 5.62. The summed E-state index contributed by atoms with van der Waals surface area (Å²) < 4.78 is 12.8. The van der Waals surface area contributed by atoms with Crippen LogP contribution in [0.5, 0.6) is 0 Å². The summed E-state index contributed by atoms with van der Waals surface area (Å²) in [5.74, 6) is -2.08. The molecule has 24 heavy (non-hydrogen) atoms. The maximum atomic E-state index is 12.8. The Balaban J connectivity index is 1.61. The van der Waals surface area contributed by atoms with E-state index in [0.29, 0.717) is 38.0 Å². The molecular formula is C16H20FN3O4. The lowest BCUT2D eigenvalue weighted by atomic mass is 10.1. The van der Waals surface area contributed by atoms with Crippen molar-refractivity contribution in [3.63, 3.8) is 0 Å². The Bertz CT molecular complexity index is 606. The van der Waals surface area contributed by atoms with E-state index >= 15 is 0 Å². The number of carbonyl (C=O) groups is 3. The van der Waals surface area contributed by atoms with E-state index in [0.717, 1.165) is 0 Å². The lowest BCUT2D eigenvalue weighted by Gasteiger charge is -2.16. The number of amides is 3. The molecule has 1 aliphatic rings. The van der Waals surface area contributed by atoms with Crippen molar-refractivity contribution in [3.05, 3.63) is 35.6 Å². The number of halogens is 1. The van der Waals surface area contributed by atoms with Crippen LogP contribution in [-0.2, 0) is 4.79 Å². The molecule has 0 aromatic heterocycles. The lowest BCUT2D eigenvalue weighted by molar-refractivity contribution is -0.141. The monoisotopic (exact) mass is 337 g/mol. The van der Waals surface area contributed by atoms with Gasteiger partial charge < -0.3 is 20.6 Å². The molecule has 0 spiro atoms. The summed E-state index contributed by atoms with van der Waals surface area (Å²) in [7, 11) is 0. The number of nitrogens with zero attached hydrogens (tertiary/aromatic N) is 1. The fraction of sp³-hybridized carbons (Fsp3) is 0.438. The number of likely N-dealkylation sites (tertiary alicyclic amines) is 1. The Labute approximate surface area is 138 Å². The summed E-state index contributed by atoms with van der Waals surface area (Å²) in [6.45, 7) is 1.40. The Hall–Kier alpha value is -2.64. The summed E-state index contributed by atoms with van der Waals surface area (Å²) in [4.78, 5) is 36.0. The van der Waals surface area contributed by atoms with Gasteiger partial charge in [0.15, 0.2) is 0 Å². The second-order valence-electron chi connectivity index (χ2n) is 5.62. The van der Waals surface area contributed by atoms with Crippen LogP contribution in [0.4, 0.5) is 9.18 Å². The van der Waals surface area contributed by atoms with E-state index in [1.54, 1.807) is 0 Å². The van der Waals surface area contributed by atoms with Gasteiger partial charge in [-0.25, -0.2) is 9.18 Å². The third-order valence-corrected chi connectivity index (χ3v) is 3.85. The van der Waals surface area contributed by atoms with Gasteiger partial charge in [-0.15, -0.1) is 0 Å². The molecule has 1 saturated heterocycles. The zero-order valence-electron chi connectivity index (χ0n) is 13.1. The van der Waals surface area contributed by atoms with E-state index in [9.17, 15) is 18.8 Å². The van der Waals surface area contributed by atoms with Crippen molar-refractivity contribution in [2.45, 2.75) is 12.8 Å². The molecule has 1 fully saturated rings. The average molecular weight is 337 g/mol. The van der Waals surface area contributed by atoms with Crippen LogP contribution in [0.3, 0.4) is 0 Å². The molecule has 1 aromatic carbocycles. The first-order chi connectivity index (χ1) is 11.5. The van der Waals surface area contributed by atoms with E-state index < -0.39 is 17.7 Å². The minimum absolute atomic E-state index is 0.225. The van der Waals surface area contributed by atoms with Crippen LogP contribution >= 0.6 is 0 Å². The number of aliphatic carboxylic acids is 1. The van der Waals surface area contributed by atoms with E-state index in [1.807, 2.05) is 0 Å². The van der Waals surface area contributed by atoms with Gasteiger partial charge in [0.2, 0.25) is 0 Å². The SMILES string of the molecule is O=C(NCCCNC(=O)N1CCC(C(=O)O)C1)c1ccc(F)cc1.